The van der Waals surface area contributed by atoms with Gasteiger partial charge in [0.05, 0.1) is 6.20 Å². The first-order valence-corrected chi connectivity index (χ1v) is 4.66. The summed E-state index contributed by atoms with van der Waals surface area (Å²) in [6.07, 6.45) is 2.55. The Hall–Kier alpha value is -2.36. The SMILES string of the molecule is O=C(O)c1c(O)cncc1-c1ccccc1. The van der Waals surface area contributed by atoms with Crippen LogP contribution in [0.1, 0.15) is 10.4 Å². The number of hydrogen-bond acceptors (Lipinski definition) is 3. The highest BCUT2D eigenvalue weighted by atomic mass is 16.4. The van der Waals surface area contributed by atoms with Crippen LogP contribution in [0.3, 0.4) is 0 Å². The lowest BCUT2D eigenvalue weighted by atomic mass is 10.0. The Bertz CT molecular complexity index is 523. The van der Waals surface area contributed by atoms with Gasteiger partial charge in [0, 0.05) is 11.8 Å². The molecule has 0 aliphatic rings. The molecule has 1 aromatic heterocycles. The number of benzene rings is 1. The second-order valence-electron chi connectivity index (χ2n) is 3.25. The molecule has 0 atom stereocenters. The van der Waals surface area contributed by atoms with Gasteiger partial charge in [0.25, 0.3) is 0 Å². The highest BCUT2D eigenvalue weighted by molar-refractivity contribution is 5.98. The van der Waals surface area contributed by atoms with Crippen LogP contribution in [0.25, 0.3) is 11.1 Å². The molecule has 0 radical (unpaired) electrons. The number of aromatic nitrogens is 1. The normalized spacial score (nSPS) is 10.0. The molecule has 0 unspecified atom stereocenters. The lowest BCUT2D eigenvalue weighted by Crippen LogP contribution is -2.00. The van der Waals surface area contributed by atoms with Crippen molar-refractivity contribution in [3.8, 4) is 16.9 Å². The fourth-order valence-electron chi connectivity index (χ4n) is 1.51. The van der Waals surface area contributed by atoms with Crippen LogP contribution >= 0.6 is 0 Å². The van der Waals surface area contributed by atoms with Gasteiger partial charge in [0.15, 0.2) is 0 Å². The highest BCUT2D eigenvalue weighted by Crippen LogP contribution is 2.28. The fourth-order valence-corrected chi connectivity index (χ4v) is 1.51. The molecule has 0 aliphatic carbocycles. The van der Waals surface area contributed by atoms with E-state index in [0.29, 0.717) is 11.1 Å². The van der Waals surface area contributed by atoms with Crippen molar-refractivity contribution in [1.29, 1.82) is 0 Å². The average Bonchev–Trinajstić information content (AvgIpc) is 2.29. The zero-order chi connectivity index (χ0) is 11.5. The van der Waals surface area contributed by atoms with Gasteiger partial charge in [-0.15, -0.1) is 0 Å². The number of carbonyl (C=O) groups is 1. The predicted octanol–water partition coefficient (Wildman–Crippen LogP) is 2.15. The van der Waals surface area contributed by atoms with E-state index in [1.807, 2.05) is 6.07 Å². The summed E-state index contributed by atoms with van der Waals surface area (Å²) in [4.78, 5) is 14.8. The van der Waals surface area contributed by atoms with E-state index in [0.717, 1.165) is 6.20 Å². The maximum atomic E-state index is 11.0. The lowest BCUT2D eigenvalue weighted by Gasteiger charge is -2.06. The zero-order valence-electron chi connectivity index (χ0n) is 8.29. The molecule has 0 amide bonds. The Labute approximate surface area is 91.8 Å². The molecule has 16 heavy (non-hydrogen) atoms. The van der Waals surface area contributed by atoms with Gasteiger partial charge < -0.3 is 10.2 Å². The summed E-state index contributed by atoms with van der Waals surface area (Å²) >= 11 is 0. The Balaban J connectivity index is 2.66. The maximum absolute atomic E-state index is 11.0. The Morgan fingerprint density at radius 3 is 2.44 bits per heavy atom. The zero-order valence-corrected chi connectivity index (χ0v) is 8.29. The topological polar surface area (TPSA) is 70.4 Å². The molecule has 80 valence electrons. The molecule has 2 aromatic rings. The third-order valence-corrected chi connectivity index (χ3v) is 2.22. The highest BCUT2D eigenvalue weighted by Gasteiger charge is 2.16. The van der Waals surface area contributed by atoms with E-state index < -0.39 is 5.97 Å². The molecule has 0 aliphatic heterocycles. The van der Waals surface area contributed by atoms with Crippen molar-refractivity contribution in [3.63, 3.8) is 0 Å². The van der Waals surface area contributed by atoms with Gasteiger partial charge in [-0.25, -0.2) is 4.79 Å². The Morgan fingerprint density at radius 1 is 1.12 bits per heavy atom. The number of hydrogen-bond donors (Lipinski definition) is 2. The fraction of sp³-hybridized carbons (Fsp3) is 0. The van der Waals surface area contributed by atoms with Gasteiger partial charge in [0.1, 0.15) is 11.3 Å². The molecule has 0 saturated heterocycles. The number of carboxylic acid groups (broad SMARTS) is 1. The molecule has 1 aromatic carbocycles. The van der Waals surface area contributed by atoms with Crippen molar-refractivity contribution in [2.45, 2.75) is 0 Å². The van der Waals surface area contributed by atoms with Gasteiger partial charge >= 0.3 is 5.97 Å². The van der Waals surface area contributed by atoms with Crippen molar-refractivity contribution in [3.05, 3.63) is 48.3 Å². The molecule has 4 nitrogen and oxygen atoms in total. The molecular weight excluding hydrogens is 206 g/mol. The Morgan fingerprint density at radius 2 is 1.81 bits per heavy atom. The summed E-state index contributed by atoms with van der Waals surface area (Å²) in [5.41, 5.74) is 0.998. The molecule has 4 heteroatoms. The molecule has 0 saturated carbocycles. The first kappa shape index (κ1) is 10.2. The van der Waals surface area contributed by atoms with Gasteiger partial charge in [-0.2, -0.15) is 0 Å². The van der Waals surface area contributed by atoms with Crippen LogP contribution in [0.15, 0.2) is 42.7 Å². The summed E-state index contributed by atoms with van der Waals surface area (Å²) in [5, 5.41) is 18.5. The van der Waals surface area contributed by atoms with Crippen LogP contribution in [0.4, 0.5) is 0 Å². The predicted molar refractivity (Wildman–Crippen MR) is 58.3 cm³/mol. The van der Waals surface area contributed by atoms with Crippen LogP contribution in [0, 0.1) is 0 Å². The standard InChI is InChI=1S/C12H9NO3/c14-10-7-13-6-9(11(10)12(15)16)8-4-2-1-3-5-8/h1-7,14H,(H,15,16). The first-order valence-electron chi connectivity index (χ1n) is 4.66. The Kier molecular flexibility index (Phi) is 2.55. The monoisotopic (exact) mass is 215 g/mol. The molecule has 0 fully saturated rings. The third kappa shape index (κ3) is 1.72. The lowest BCUT2D eigenvalue weighted by molar-refractivity contribution is 0.0694. The summed E-state index contributed by atoms with van der Waals surface area (Å²) in [7, 11) is 0. The van der Waals surface area contributed by atoms with Gasteiger partial charge in [-0.3, -0.25) is 4.98 Å². The van der Waals surface area contributed by atoms with Crippen LogP contribution in [-0.4, -0.2) is 21.2 Å². The second-order valence-corrected chi connectivity index (χ2v) is 3.25. The number of nitrogens with zero attached hydrogens (tertiary/aromatic N) is 1. The van der Waals surface area contributed by atoms with E-state index >= 15 is 0 Å². The van der Waals surface area contributed by atoms with E-state index in [2.05, 4.69) is 4.98 Å². The van der Waals surface area contributed by atoms with Crippen molar-refractivity contribution in [2.75, 3.05) is 0 Å². The van der Waals surface area contributed by atoms with Crippen LogP contribution in [0.2, 0.25) is 0 Å². The molecular formula is C12H9NO3. The summed E-state index contributed by atoms with van der Waals surface area (Å²) in [6.45, 7) is 0. The van der Waals surface area contributed by atoms with Crippen molar-refractivity contribution < 1.29 is 15.0 Å². The minimum Gasteiger partial charge on any atom is -0.505 e. The largest absolute Gasteiger partial charge is 0.505 e. The van der Waals surface area contributed by atoms with Gasteiger partial charge in [-0.1, -0.05) is 30.3 Å². The van der Waals surface area contributed by atoms with E-state index in [1.165, 1.54) is 6.20 Å². The van der Waals surface area contributed by atoms with Gasteiger partial charge in [-0.05, 0) is 5.56 Å². The van der Waals surface area contributed by atoms with Crippen molar-refractivity contribution in [2.24, 2.45) is 0 Å². The summed E-state index contributed by atoms with van der Waals surface area (Å²) in [5.74, 6) is -1.49. The average molecular weight is 215 g/mol. The third-order valence-electron chi connectivity index (χ3n) is 2.22. The minimum absolute atomic E-state index is 0.124. The quantitative estimate of drug-likeness (QED) is 0.805. The molecule has 0 bridgehead atoms. The summed E-state index contributed by atoms with van der Waals surface area (Å²) < 4.78 is 0. The molecule has 2 N–H and O–H groups in total. The number of aromatic hydroxyl groups is 1. The maximum Gasteiger partial charge on any atom is 0.340 e. The van der Waals surface area contributed by atoms with Gasteiger partial charge in [0.2, 0.25) is 0 Å². The van der Waals surface area contributed by atoms with E-state index in [-0.39, 0.29) is 11.3 Å². The smallest absolute Gasteiger partial charge is 0.340 e. The minimum atomic E-state index is -1.17. The number of carboxylic acids is 1. The van der Waals surface area contributed by atoms with Crippen LogP contribution in [-0.2, 0) is 0 Å². The van der Waals surface area contributed by atoms with E-state index in [1.54, 1.807) is 24.3 Å². The summed E-state index contributed by atoms with van der Waals surface area (Å²) in [6, 6.07) is 8.96. The molecule has 1 heterocycles. The number of pyridine rings is 1. The van der Waals surface area contributed by atoms with E-state index in [4.69, 9.17) is 5.11 Å². The van der Waals surface area contributed by atoms with Crippen molar-refractivity contribution in [1.82, 2.24) is 4.98 Å². The molecule has 2 rings (SSSR count). The van der Waals surface area contributed by atoms with E-state index in [9.17, 15) is 9.90 Å². The van der Waals surface area contributed by atoms with Crippen LogP contribution in [0.5, 0.6) is 5.75 Å². The van der Waals surface area contributed by atoms with Crippen LogP contribution < -0.4 is 0 Å². The number of aromatic carboxylic acids is 1. The van der Waals surface area contributed by atoms with Crippen molar-refractivity contribution >= 4 is 5.97 Å². The molecule has 0 spiro atoms. The second kappa shape index (κ2) is 4.02. The first-order chi connectivity index (χ1) is 7.70. The number of rotatable bonds is 2.